The van der Waals surface area contributed by atoms with E-state index in [0.29, 0.717) is 17.9 Å². The van der Waals surface area contributed by atoms with Crippen LogP contribution < -0.4 is 10.6 Å². The molecule has 0 radical (unpaired) electrons. The van der Waals surface area contributed by atoms with E-state index in [4.69, 9.17) is 0 Å². The molecule has 0 saturated carbocycles. The summed E-state index contributed by atoms with van der Waals surface area (Å²) >= 11 is 0. The van der Waals surface area contributed by atoms with Crippen LogP contribution in [-0.2, 0) is 17.8 Å². The summed E-state index contributed by atoms with van der Waals surface area (Å²) in [6.45, 7) is 0.662. The lowest BCUT2D eigenvalue weighted by atomic mass is 10.1. The van der Waals surface area contributed by atoms with Crippen LogP contribution in [0.4, 0.5) is 15.9 Å². The molecule has 6 heteroatoms. The van der Waals surface area contributed by atoms with E-state index < -0.39 is 0 Å². The normalized spacial score (nSPS) is 10.3. The van der Waals surface area contributed by atoms with Crippen molar-refractivity contribution in [3.63, 3.8) is 0 Å². The van der Waals surface area contributed by atoms with Gasteiger partial charge in [0.15, 0.2) is 0 Å². The second kappa shape index (κ2) is 8.01. The highest BCUT2D eigenvalue weighted by molar-refractivity contribution is 5.91. The number of nitrogens with zero attached hydrogens (tertiary/aromatic N) is 2. The summed E-state index contributed by atoms with van der Waals surface area (Å²) in [7, 11) is 0. The number of hydrogen-bond acceptors (Lipinski definition) is 4. The van der Waals surface area contributed by atoms with Gasteiger partial charge in [-0.25, -0.2) is 9.37 Å². The van der Waals surface area contributed by atoms with Gasteiger partial charge in [0.05, 0.1) is 18.3 Å². The topological polar surface area (TPSA) is 66.9 Å². The Morgan fingerprint density at radius 3 is 2.60 bits per heavy atom. The minimum absolute atomic E-state index is 0.0987. The third-order valence-electron chi connectivity index (χ3n) is 3.53. The molecule has 0 aliphatic heterocycles. The summed E-state index contributed by atoms with van der Waals surface area (Å²) in [4.78, 5) is 20.2. The number of amides is 1. The molecular weight excluding hydrogens is 319 g/mol. The maximum atomic E-state index is 13.1. The van der Waals surface area contributed by atoms with Gasteiger partial charge in [-0.15, -0.1) is 0 Å². The largest absolute Gasteiger partial charge is 0.380 e. The number of anilines is 2. The van der Waals surface area contributed by atoms with E-state index in [9.17, 15) is 9.18 Å². The first-order valence-corrected chi connectivity index (χ1v) is 7.82. The molecule has 0 aliphatic carbocycles. The highest BCUT2D eigenvalue weighted by atomic mass is 19.1. The highest BCUT2D eigenvalue weighted by Crippen LogP contribution is 2.12. The van der Waals surface area contributed by atoms with Crippen LogP contribution in [0.3, 0.4) is 0 Å². The number of rotatable bonds is 6. The molecule has 1 amide bonds. The zero-order valence-corrected chi connectivity index (χ0v) is 13.4. The molecule has 1 aromatic carbocycles. The number of benzene rings is 1. The van der Waals surface area contributed by atoms with Gasteiger partial charge in [0.25, 0.3) is 0 Å². The molecule has 3 aromatic rings. The summed E-state index contributed by atoms with van der Waals surface area (Å²) in [6.07, 6.45) is 5.24. The van der Waals surface area contributed by atoms with E-state index in [0.717, 1.165) is 11.3 Å². The summed E-state index contributed by atoms with van der Waals surface area (Å²) < 4.78 is 13.1. The van der Waals surface area contributed by atoms with E-state index in [1.807, 2.05) is 18.2 Å². The van der Waals surface area contributed by atoms with E-state index in [1.54, 1.807) is 36.8 Å². The van der Waals surface area contributed by atoms with Crippen molar-refractivity contribution >= 4 is 17.4 Å². The average molecular weight is 336 g/mol. The SMILES string of the molecule is O=C(Cc1cccc(F)c1)Nc1ccc(NCc2ccncc2)cn1. The number of pyridine rings is 2. The van der Waals surface area contributed by atoms with Crippen LogP contribution in [0.5, 0.6) is 0 Å². The Balaban J connectivity index is 1.52. The molecule has 25 heavy (non-hydrogen) atoms. The van der Waals surface area contributed by atoms with Gasteiger partial charge in [-0.2, -0.15) is 0 Å². The standard InChI is InChI=1S/C19H17FN4O/c20-16-3-1-2-15(10-16)11-19(25)24-18-5-4-17(13-23-18)22-12-14-6-8-21-9-7-14/h1-10,13,22H,11-12H2,(H,23,24,25). The minimum atomic E-state index is -0.354. The van der Waals surface area contributed by atoms with Gasteiger partial charge in [0, 0.05) is 18.9 Å². The number of halogens is 1. The maximum absolute atomic E-state index is 13.1. The van der Waals surface area contributed by atoms with Gasteiger partial charge in [-0.1, -0.05) is 12.1 Å². The van der Waals surface area contributed by atoms with Crippen molar-refractivity contribution in [2.24, 2.45) is 0 Å². The van der Waals surface area contributed by atoms with Gasteiger partial charge in [0.2, 0.25) is 5.91 Å². The molecule has 0 atom stereocenters. The first-order valence-electron chi connectivity index (χ1n) is 7.82. The van der Waals surface area contributed by atoms with Crippen LogP contribution in [0.25, 0.3) is 0 Å². The molecule has 0 spiro atoms. The van der Waals surface area contributed by atoms with Crippen molar-refractivity contribution in [1.29, 1.82) is 0 Å². The number of carbonyl (C=O) groups excluding carboxylic acids is 1. The quantitative estimate of drug-likeness (QED) is 0.724. The Morgan fingerprint density at radius 1 is 1.04 bits per heavy atom. The molecule has 0 unspecified atom stereocenters. The first kappa shape index (κ1) is 16.6. The summed E-state index contributed by atoms with van der Waals surface area (Å²) in [5.41, 5.74) is 2.58. The molecule has 2 aromatic heterocycles. The number of aromatic nitrogens is 2. The number of hydrogen-bond donors (Lipinski definition) is 2. The molecular formula is C19H17FN4O. The van der Waals surface area contributed by atoms with Gasteiger partial charge in [-0.3, -0.25) is 9.78 Å². The van der Waals surface area contributed by atoms with Crippen LogP contribution in [0, 0.1) is 5.82 Å². The molecule has 2 N–H and O–H groups in total. The van der Waals surface area contributed by atoms with E-state index >= 15 is 0 Å². The third kappa shape index (κ3) is 5.10. The Morgan fingerprint density at radius 2 is 1.88 bits per heavy atom. The fraction of sp³-hybridized carbons (Fsp3) is 0.105. The van der Waals surface area contributed by atoms with Crippen molar-refractivity contribution in [3.8, 4) is 0 Å². The summed E-state index contributed by atoms with van der Waals surface area (Å²) in [6, 6.07) is 13.4. The first-order chi connectivity index (χ1) is 12.2. The predicted octanol–water partition coefficient (Wildman–Crippen LogP) is 3.41. The molecule has 2 heterocycles. The fourth-order valence-corrected chi connectivity index (χ4v) is 2.30. The Kier molecular flexibility index (Phi) is 5.31. The Labute approximate surface area is 145 Å². The second-order valence-electron chi connectivity index (χ2n) is 5.50. The molecule has 3 rings (SSSR count). The van der Waals surface area contributed by atoms with Gasteiger partial charge >= 0.3 is 0 Å². The lowest BCUT2D eigenvalue weighted by molar-refractivity contribution is -0.115. The zero-order valence-electron chi connectivity index (χ0n) is 13.4. The van der Waals surface area contributed by atoms with Gasteiger partial charge < -0.3 is 10.6 Å². The van der Waals surface area contributed by atoms with Gasteiger partial charge in [0.1, 0.15) is 11.6 Å². The molecule has 0 bridgehead atoms. The van der Waals surface area contributed by atoms with Gasteiger partial charge in [-0.05, 0) is 47.5 Å². The molecule has 0 saturated heterocycles. The lowest BCUT2D eigenvalue weighted by Crippen LogP contribution is -2.15. The molecule has 5 nitrogen and oxygen atoms in total. The molecule has 0 fully saturated rings. The number of nitrogens with one attached hydrogen (secondary N) is 2. The monoisotopic (exact) mass is 336 g/mol. The van der Waals surface area contributed by atoms with Crippen LogP contribution in [0.15, 0.2) is 67.1 Å². The van der Waals surface area contributed by atoms with Crippen molar-refractivity contribution in [2.45, 2.75) is 13.0 Å². The third-order valence-corrected chi connectivity index (χ3v) is 3.53. The van der Waals surface area contributed by atoms with E-state index in [2.05, 4.69) is 20.6 Å². The van der Waals surface area contributed by atoms with Crippen molar-refractivity contribution in [1.82, 2.24) is 9.97 Å². The Hall–Kier alpha value is -3.28. The number of carbonyl (C=O) groups is 1. The Bertz CT molecular complexity index is 838. The average Bonchev–Trinajstić information content (AvgIpc) is 2.62. The fourth-order valence-electron chi connectivity index (χ4n) is 2.30. The van der Waals surface area contributed by atoms with E-state index in [1.165, 1.54) is 12.1 Å². The second-order valence-corrected chi connectivity index (χ2v) is 5.50. The highest BCUT2D eigenvalue weighted by Gasteiger charge is 2.06. The zero-order chi connectivity index (χ0) is 17.5. The minimum Gasteiger partial charge on any atom is -0.380 e. The van der Waals surface area contributed by atoms with Crippen molar-refractivity contribution < 1.29 is 9.18 Å². The lowest BCUT2D eigenvalue weighted by Gasteiger charge is -2.08. The van der Waals surface area contributed by atoms with Crippen LogP contribution in [-0.4, -0.2) is 15.9 Å². The van der Waals surface area contributed by atoms with Crippen LogP contribution in [0.2, 0.25) is 0 Å². The maximum Gasteiger partial charge on any atom is 0.229 e. The predicted molar refractivity (Wildman–Crippen MR) is 94.5 cm³/mol. The van der Waals surface area contributed by atoms with Crippen molar-refractivity contribution in [2.75, 3.05) is 10.6 Å². The molecule has 0 aliphatic rings. The van der Waals surface area contributed by atoms with E-state index in [-0.39, 0.29) is 18.1 Å². The summed E-state index contributed by atoms with van der Waals surface area (Å²) in [5, 5.41) is 5.95. The summed E-state index contributed by atoms with van der Waals surface area (Å²) in [5.74, 6) is -0.139. The van der Waals surface area contributed by atoms with Crippen molar-refractivity contribution in [3.05, 3.63) is 84.1 Å². The van der Waals surface area contributed by atoms with Crippen LogP contribution >= 0.6 is 0 Å². The smallest absolute Gasteiger partial charge is 0.229 e. The molecule has 126 valence electrons. The van der Waals surface area contributed by atoms with Crippen LogP contribution in [0.1, 0.15) is 11.1 Å².